The Bertz CT molecular complexity index is 128. The van der Waals surface area contributed by atoms with Crippen molar-refractivity contribution in [1.29, 1.82) is 0 Å². The summed E-state index contributed by atoms with van der Waals surface area (Å²) in [4.78, 5) is 0. The predicted octanol–water partition coefficient (Wildman–Crippen LogP) is 1.41. The minimum Gasteiger partial charge on any atom is -0.376 e. The molecule has 2 nitrogen and oxygen atoms in total. The van der Waals surface area contributed by atoms with E-state index in [4.69, 9.17) is 4.74 Å². The Kier molecular flexibility index (Phi) is 2.55. The maximum absolute atomic E-state index is 5.66. The zero-order valence-corrected chi connectivity index (χ0v) is 7.98. The van der Waals surface area contributed by atoms with Gasteiger partial charge in [0.1, 0.15) is 0 Å². The molecule has 0 saturated carbocycles. The molecule has 1 fully saturated rings. The lowest BCUT2D eigenvalue weighted by molar-refractivity contribution is 0.0284. The molecule has 0 spiro atoms. The molecule has 1 rings (SSSR count). The molecule has 0 unspecified atom stereocenters. The van der Waals surface area contributed by atoms with E-state index >= 15 is 0 Å². The van der Waals surface area contributed by atoms with Crippen LogP contribution < -0.4 is 5.32 Å². The standard InChI is InChI=1S/C9H19NO/c1-9(2,3)8-5-7(10-4)6-11-8/h7-8,10H,5-6H2,1-4H3/t7-,8-/m1/s1. The first-order chi connectivity index (χ1) is 5.04. The van der Waals surface area contributed by atoms with Gasteiger partial charge in [0.05, 0.1) is 12.7 Å². The number of hydrogen-bond acceptors (Lipinski definition) is 2. The Morgan fingerprint density at radius 2 is 2.00 bits per heavy atom. The second-order valence-electron chi connectivity index (χ2n) is 4.41. The van der Waals surface area contributed by atoms with E-state index in [0.29, 0.717) is 17.6 Å². The molecule has 2 atom stereocenters. The highest BCUT2D eigenvalue weighted by atomic mass is 16.5. The highest BCUT2D eigenvalue weighted by Crippen LogP contribution is 2.29. The topological polar surface area (TPSA) is 21.3 Å². The molecule has 0 radical (unpaired) electrons. The lowest BCUT2D eigenvalue weighted by Gasteiger charge is -2.25. The largest absolute Gasteiger partial charge is 0.376 e. The summed E-state index contributed by atoms with van der Waals surface area (Å²) in [6.07, 6.45) is 1.58. The van der Waals surface area contributed by atoms with Crippen LogP contribution in [0, 0.1) is 5.41 Å². The van der Waals surface area contributed by atoms with Gasteiger partial charge in [-0.25, -0.2) is 0 Å². The van der Waals surface area contributed by atoms with Crippen molar-refractivity contribution in [2.75, 3.05) is 13.7 Å². The fourth-order valence-electron chi connectivity index (χ4n) is 1.43. The van der Waals surface area contributed by atoms with Crippen LogP contribution in [0.2, 0.25) is 0 Å². The summed E-state index contributed by atoms with van der Waals surface area (Å²) >= 11 is 0. The summed E-state index contributed by atoms with van der Waals surface area (Å²) in [5.74, 6) is 0. The minimum atomic E-state index is 0.297. The second kappa shape index (κ2) is 3.11. The zero-order valence-electron chi connectivity index (χ0n) is 7.98. The van der Waals surface area contributed by atoms with E-state index in [2.05, 4.69) is 26.1 Å². The van der Waals surface area contributed by atoms with Crippen LogP contribution in [0.1, 0.15) is 27.2 Å². The molecule has 0 aromatic heterocycles. The van der Waals surface area contributed by atoms with Crippen molar-refractivity contribution in [2.24, 2.45) is 5.41 Å². The van der Waals surface area contributed by atoms with E-state index < -0.39 is 0 Å². The molecule has 11 heavy (non-hydrogen) atoms. The Labute approximate surface area is 69.3 Å². The summed E-state index contributed by atoms with van der Waals surface area (Å²) in [7, 11) is 2.00. The molecular formula is C9H19NO. The van der Waals surface area contributed by atoms with Gasteiger partial charge in [-0.1, -0.05) is 20.8 Å². The van der Waals surface area contributed by atoms with E-state index in [1.807, 2.05) is 7.05 Å². The molecule has 0 aromatic carbocycles. The Morgan fingerprint density at radius 1 is 1.36 bits per heavy atom. The molecule has 0 amide bonds. The van der Waals surface area contributed by atoms with E-state index in [-0.39, 0.29) is 0 Å². The first-order valence-corrected chi connectivity index (χ1v) is 4.33. The van der Waals surface area contributed by atoms with Gasteiger partial charge >= 0.3 is 0 Å². The average Bonchev–Trinajstić information content (AvgIpc) is 2.32. The van der Waals surface area contributed by atoms with Gasteiger partial charge in [0, 0.05) is 6.04 Å². The number of ether oxygens (including phenoxy) is 1. The van der Waals surface area contributed by atoms with Crippen LogP contribution in [-0.4, -0.2) is 25.8 Å². The monoisotopic (exact) mass is 157 g/mol. The fraction of sp³-hybridized carbons (Fsp3) is 1.00. The molecule has 1 saturated heterocycles. The molecule has 1 aliphatic heterocycles. The molecule has 66 valence electrons. The lowest BCUT2D eigenvalue weighted by atomic mass is 9.87. The van der Waals surface area contributed by atoms with Gasteiger partial charge in [-0.3, -0.25) is 0 Å². The molecule has 0 bridgehead atoms. The molecule has 1 N–H and O–H groups in total. The van der Waals surface area contributed by atoms with Crippen molar-refractivity contribution in [3.8, 4) is 0 Å². The van der Waals surface area contributed by atoms with Crippen LogP contribution in [-0.2, 0) is 4.74 Å². The lowest BCUT2D eigenvalue weighted by Crippen LogP contribution is -2.28. The third kappa shape index (κ3) is 2.17. The van der Waals surface area contributed by atoms with E-state index in [1.165, 1.54) is 0 Å². The molecule has 2 heteroatoms. The molecule has 1 heterocycles. The maximum Gasteiger partial charge on any atom is 0.0639 e. The van der Waals surface area contributed by atoms with Crippen LogP contribution in [0.25, 0.3) is 0 Å². The maximum atomic E-state index is 5.66. The Hall–Kier alpha value is -0.0800. The summed E-state index contributed by atoms with van der Waals surface area (Å²) in [5, 5.41) is 3.24. The normalized spacial score (nSPS) is 32.7. The number of likely N-dealkylation sites (N-methyl/N-ethyl adjacent to an activating group) is 1. The summed E-state index contributed by atoms with van der Waals surface area (Å²) in [6, 6.07) is 0.569. The summed E-state index contributed by atoms with van der Waals surface area (Å²) < 4.78 is 5.66. The fourth-order valence-corrected chi connectivity index (χ4v) is 1.43. The second-order valence-corrected chi connectivity index (χ2v) is 4.41. The van der Waals surface area contributed by atoms with Crippen LogP contribution in [0.4, 0.5) is 0 Å². The zero-order chi connectivity index (χ0) is 8.48. The van der Waals surface area contributed by atoms with E-state index in [1.54, 1.807) is 0 Å². The molecular weight excluding hydrogens is 138 g/mol. The van der Waals surface area contributed by atoms with Crippen molar-refractivity contribution in [3.63, 3.8) is 0 Å². The van der Waals surface area contributed by atoms with E-state index in [9.17, 15) is 0 Å². The van der Waals surface area contributed by atoms with Gasteiger partial charge in [-0.05, 0) is 18.9 Å². The predicted molar refractivity (Wildman–Crippen MR) is 46.7 cm³/mol. The smallest absolute Gasteiger partial charge is 0.0639 e. The van der Waals surface area contributed by atoms with Gasteiger partial charge in [-0.15, -0.1) is 0 Å². The Morgan fingerprint density at radius 3 is 2.27 bits per heavy atom. The third-order valence-electron chi connectivity index (χ3n) is 2.37. The first-order valence-electron chi connectivity index (χ1n) is 4.33. The van der Waals surface area contributed by atoms with Crippen LogP contribution in [0.3, 0.4) is 0 Å². The first kappa shape index (κ1) is 9.01. The molecule has 0 aromatic rings. The van der Waals surface area contributed by atoms with Gasteiger partial charge < -0.3 is 10.1 Å². The minimum absolute atomic E-state index is 0.297. The van der Waals surface area contributed by atoms with Gasteiger partial charge in [0.2, 0.25) is 0 Å². The van der Waals surface area contributed by atoms with Crippen molar-refractivity contribution in [2.45, 2.75) is 39.3 Å². The van der Waals surface area contributed by atoms with Gasteiger partial charge in [0.15, 0.2) is 0 Å². The molecule has 0 aliphatic carbocycles. The SMILES string of the molecule is CN[C@H]1CO[C@@H](C(C)(C)C)C1. The van der Waals surface area contributed by atoms with Crippen LogP contribution >= 0.6 is 0 Å². The van der Waals surface area contributed by atoms with E-state index in [0.717, 1.165) is 13.0 Å². The summed E-state index contributed by atoms with van der Waals surface area (Å²) in [5.41, 5.74) is 0.297. The highest BCUT2D eigenvalue weighted by Gasteiger charge is 2.33. The Balaban J connectivity index is 2.42. The van der Waals surface area contributed by atoms with Crippen molar-refractivity contribution >= 4 is 0 Å². The molecule has 1 aliphatic rings. The van der Waals surface area contributed by atoms with Gasteiger partial charge in [-0.2, -0.15) is 0 Å². The van der Waals surface area contributed by atoms with Crippen molar-refractivity contribution < 1.29 is 4.74 Å². The van der Waals surface area contributed by atoms with Crippen molar-refractivity contribution in [3.05, 3.63) is 0 Å². The van der Waals surface area contributed by atoms with Crippen LogP contribution in [0.15, 0.2) is 0 Å². The number of rotatable bonds is 1. The summed E-state index contributed by atoms with van der Waals surface area (Å²) in [6.45, 7) is 7.57. The van der Waals surface area contributed by atoms with Crippen molar-refractivity contribution in [1.82, 2.24) is 5.32 Å². The highest BCUT2D eigenvalue weighted by molar-refractivity contribution is 4.85. The van der Waals surface area contributed by atoms with Gasteiger partial charge in [0.25, 0.3) is 0 Å². The van der Waals surface area contributed by atoms with Crippen LogP contribution in [0.5, 0.6) is 0 Å². The average molecular weight is 157 g/mol. The number of nitrogens with one attached hydrogen (secondary N) is 1. The number of hydrogen-bond donors (Lipinski definition) is 1. The quantitative estimate of drug-likeness (QED) is 0.621. The third-order valence-corrected chi connectivity index (χ3v) is 2.37.